The van der Waals surface area contributed by atoms with Crippen molar-refractivity contribution in [3.63, 3.8) is 0 Å². The molecule has 19 heavy (non-hydrogen) atoms. The lowest BCUT2D eigenvalue weighted by atomic mass is 9.99. The quantitative estimate of drug-likeness (QED) is 0.669. The van der Waals surface area contributed by atoms with Gasteiger partial charge >= 0.3 is 0 Å². The van der Waals surface area contributed by atoms with E-state index in [0.29, 0.717) is 12.1 Å². The van der Waals surface area contributed by atoms with Gasteiger partial charge in [0.1, 0.15) is 17.5 Å². The van der Waals surface area contributed by atoms with Crippen LogP contribution < -0.4 is 5.73 Å². The van der Waals surface area contributed by atoms with E-state index in [1.54, 1.807) is 13.0 Å². The Morgan fingerprint density at radius 1 is 1.05 bits per heavy atom. The van der Waals surface area contributed by atoms with Crippen molar-refractivity contribution in [2.24, 2.45) is 0 Å². The largest absolute Gasteiger partial charge is 0.398 e. The summed E-state index contributed by atoms with van der Waals surface area (Å²) < 4.78 is 39.9. The molecule has 0 aliphatic rings. The monoisotopic (exact) mass is 265 g/mol. The molecular formula is C14H10F3NO. The summed E-state index contributed by atoms with van der Waals surface area (Å²) in [5.74, 6) is -4.48. The molecule has 0 heterocycles. The first kappa shape index (κ1) is 13.1. The molecule has 5 heteroatoms. The van der Waals surface area contributed by atoms with Gasteiger partial charge in [0, 0.05) is 23.4 Å². The number of benzene rings is 2. The molecule has 2 aromatic rings. The van der Waals surface area contributed by atoms with Gasteiger partial charge in [-0.2, -0.15) is 0 Å². The van der Waals surface area contributed by atoms with Crippen molar-refractivity contribution in [3.8, 4) is 0 Å². The number of carbonyl (C=O) groups is 1. The standard InChI is InChI=1S/C14H10F3NO/c1-7-2-3-12(18)9(4-7)14(19)13-10(16)5-8(15)6-11(13)17/h2-6H,18H2,1H3. The second kappa shape index (κ2) is 4.76. The maximum atomic E-state index is 13.5. The number of halogens is 3. The first-order valence-corrected chi connectivity index (χ1v) is 5.45. The van der Waals surface area contributed by atoms with Crippen LogP contribution in [-0.2, 0) is 0 Å². The summed E-state index contributed by atoms with van der Waals surface area (Å²) in [4.78, 5) is 12.1. The highest BCUT2D eigenvalue weighted by Gasteiger charge is 2.22. The molecule has 0 atom stereocenters. The van der Waals surface area contributed by atoms with E-state index in [-0.39, 0.29) is 11.3 Å². The molecule has 0 aliphatic carbocycles. The Labute approximate surface area is 107 Å². The Morgan fingerprint density at radius 2 is 1.63 bits per heavy atom. The number of nitrogens with two attached hydrogens (primary N) is 1. The molecule has 0 aliphatic heterocycles. The van der Waals surface area contributed by atoms with Crippen LogP contribution in [0.25, 0.3) is 0 Å². The highest BCUT2D eigenvalue weighted by atomic mass is 19.1. The van der Waals surface area contributed by atoms with E-state index in [0.717, 1.165) is 5.56 Å². The molecule has 0 bridgehead atoms. The van der Waals surface area contributed by atoms with Gasteiger partial charge in [0.25, 0.3) is 0 Å². The van der Waals surface area contributed by atoms with Gasteiger partial charge < -0.3 is 5.73 Å². The second-order valence-electron chi connectivity index (χ2n) is 4.16. The normalized spacial score (nSPS) is 10.5. The van der Waals surface area contributed by atoms with Crippen molar-refractivity contribution in [3.05, 3.63) is 64.5 Å². The lowest BCUT2D eigenvalue weighted by Crippen LogP contribution is -2.11. The maximum Gasteiger partial charge on any atom is 0.201 e. The van der Waals surface area contributed by atoms with Gasteiger partial charge in [0.15, 0.2) is 0 Å². The summed E-state index contributed by atoms with van der Waals surface area (Å²) in [5.41, 5.74) is 5.63. The van der Waals surface area contributed by atoms with Crippen LogP contribution >= 0.6 is 0 Å². The third-order valence-electron chi connectivity index (χ3n) is 2.69. The number of hydrogen-bond acceptors (Lipinski definition) is 2. The van der Waals surface area contributed by atoms with Crippen LogP contribution in [0.4, 0.5) is 18.9 Å². The zero-order valence-corrected chi connectivity index (χ0v) is 10.0. The molecule has 0 amide bonds. The van der Waals surface area contributed by atoms with Gasteiger partial charge in [-0.25, -0.2) is 13.2 Å². The first-order chi connectivity index (χ1) is 8.90. The molecular weight excluding hydrogens is 255 g/mol. The minimum atomic E-state index is -1.25. The highest BCUT2D eigenvalue weighted by molar-refractivity contribution is 6.12. The number of carbonyl (C=O) groups excluding carboxylic acids is 1. The van der Waals surface area contributed by atoms with Gasteiger partial charge in [-0.3, -0.25) is 4.79 Å². The molecule has 0 unspecified atom stereocenters. The summed E-state index contributed by atoms with van der Waals surface area (Å²) in [7, 11) is 0. The van der Waals surface area contributed by atoms with E-state index >= 15 is 0 Å². The number of anilines is 1. The molecule has 2 nitrogen and oxygen atoms in total. The molecule has 0 saturated heterocycles. The van der Waals surface area contributed by atoms with E-state index in [1.807, 2.05) is 0 Å². The molecule has 98 valence electrons. The third kappa shape index (κ3) is 2.45. The van der Waals surface area contributed by atoms with Crippen molar-refractivity contribution >= 4 is 11.5 Å². The van der Waals surface area contributed by atoms with Crippen LogP contribution in [0, 0.1) is 24.4 Å². The first-order valence-electron chi connectivity index (χ1n) is 5.45. The fourth-order valence-corrected chi connectivity index (χ4v) is 1.76. The van der Waals surface area contributed by atoms with Crippen molar-refractivity contribution in [1.29, 1.82) is 0 Å². The number of ketones is 1. The number of rotatable bonds is 2. The number of hydrogen-bond donors (Lipinski definition) is 1. The van der Waals surface area contributed by atoms with Gasteiger partial charge in [0.2, 0.25) is 5.78 Å². The topological polar surface area (TPSA) is 43.1 Å². The predicted molar refractivity (Wildman–Crippen MR) is 65.3 cm³/mol. The summed E-state index contributed by atoms with van der Waals surface area (Å²) >= 11 is 0. The maximum absolute atomic E-state index is 13.5. The molecule has 2 N–H and O–H groups in total. The second-order valence-corrected chi connectivity index (χ2v) is 4.16. The van der Waals surface area contributed by atoms with Gasteiger partial charge in [-0.1, -0.05) is 11.6 Å². The average Bonchev–Trinajstić information content (AvgIpc) is 2.30. The SMILES string of the molecule is Cc1ccc(N)c(C(=O)c2c(F)cc(F)cc2F)c1. The van der Waals surface area contributed by atoms with Crippen LogP contribution in [-0.4, -0.2) is 5.78 Å². The minimum absolute atomic E-state index is 0.00981. The van der Waals surface area contributed by atoms with Crippen molar-refractivity contribution in [2.75, 3.05) is 5.73 Å². The summed E-state index contributed by atoms with van der Waals surface area (Å²) in [6.45, 7) is 1.72. The summed E-state index contributed by atoms with van der Waals surface area (Å²) in [5, 5.41) is 0. The number of aryl methyl sites for hydroxylation is 1. The Bertz CT molecular complexity index is 645. The van der Waals surface area contributed by atoms with E-state index < -0.39 is 28.8 Å². The van der Waals surface area contributed by atoms with Gasteiger partial charge in [0.05, 0.1) is 5.56 Å². The predicted octanol–water partition coefficient (Wildman–Crippen LogP) is 3.23. The van der Waals surface area contributed by atoms with Crippen molar-refractivity contribution in [2.45, 2.75) is 6.92 Å². The number of nitrogen functional groups attached to an aromatic ring is 1. The summed E-state index contributed by atoms with van der Waals surface area (Å²) in [6.07, 6.45) is 0. The zero-order chi connectivity index (χ0) is 14.2. The molecule has 2 aromatic carbocycles. The Hall–Kier alpha value is -2.30. The Kier molecular flexibility index (Phi) is 3.29. The smallest absolute Gasteiger partial charge is 0.201 e. The summed E-state index contributed by atoms with van der Waals surface area (Å²) in [6, 6.07) is 5.50. The minimum Gasteiger partial charge on any atom is -0.398 e. The molecule has 0 saturated carbocycles. The van der Waals surface area contributed by atoms with Crippen LogP contribution in [0.1, 0.15) is 21.5 Å². The fourth-order valence-electron chi connectivity index (χ4n) is 1.76. The average molecular weight is 265 g/mol. The highest BCUT2D eigenvalue weighted by Crippen LogP contribution is 2.22. The van der Waals surface area contributed by atoms with Crippen molar-refractivity contribution in [1.82, 2.24) is 0 Å². The Morgan fingerprint density at radius 3 is 2.21 bits per heavy atom. The van der Waals surface area contributed by atoms with E-state index in [2.05, 4.69) is 0 Å². The lowest BCUT2D eigenvalue weighted by molar-refractivity contribution is 0.103. The van der Waals surface area contributed by atoms with E-state index in [4.69, 9.17) is 5.73 Å². The van der Waals surface area contributed by atoms with Crippen molar-refractivity contribution < 1.29 is 18.0 Å². The lowest BCUT2D eigenvalue weighted by Gasteiger charge is -2.08. The van der Waals surface area contributed by atoms with E-state index in [9.17, 15) is 18.0 Å². The molecule has 0 spiro atoms. The molecule has 0 aromatic heterocycles. The van der Waals surface area contributed by atoms with E-state index in [1.165, 1.54) is 12.1 Å². The molecule has 2 rings (SSSR count). The van der Waals surface area contributed by atoms with Crippen LogP contribution in [0.15, 0.2) is 30.3 Å². The van der Waals surface area contributed by atoms with Gasteiger partial charge in [-0.15, -0.1) is 0 Å². The van der Waals surface area contributed by atoms with Crippen LogP contribution in [0.3, 0.4) is 0 Å². The zero-order valence-electron chi connectivity index (χ0n) is 10.0. The van der Waals surface area contributed by atoms with Crippen LogP contribution in [0.2, 0.25) is 0 Å². The molecule has 0 fully saturated rings. The molecule has 0 radical (unpaired) electrons. The van der Waals surface area contributed by atoms with Crippen LogP contribution in [0.5, 0.6) is 0 Å². The van der Waals surface area contributed by atoms with Gasteiger partial charge in [-0.05, 0) is 19.1 Å². The fraction of sp³-hybridized carbons (Fsp3) is 0.0714. The Balaban J connectivity index is 2.59. The third-order valence-corrected chi connectivity index (χ3v) is 2.69.